The van der Waals surface area contributed by atoms with Crippen LogP contribution in [0.4, 0.5) is 45.2 Å². The van der Waals surface area contributed by atoms with Gasteiger partial charge in [0, 0.05) is 22.9 Å². The monoisotopic (exact) mass is 538 g/mol. The molecule has 0 bridgehead atoms. The summed E-state index contributed by atoms with van der Waals surface area (Å²) in [7, 11) is 0. The van der Waals surface area contributed by atoms with Gasteiger partial charge in [0.2, 0.25) is 5.89 Å². The maximum absolute atomic E-state index is 13.3. The van der Waals surface area contributed by atoms with Crippen molar-refractivity contribution in [1.82, 2.24) is 4.98 Å². The average molecular weight is 538 g/mol. The smallest absolute Gasteiger partial charge is 0.430 e. The van der Waals surface area contributed by atoms with Crippen molar-refractivity contribution in [1.29, 1.82) is 0 Å². The predicted molar refractivity (Wildman–Crippen MR) is 113 cm³/mol. The fourth-order valence-electron chi connectivity index (χ4n) is 4.34. The second-order valence-corrected chi connectivity index (χ2v) is 8.83. The summed E-state index contributed by atoms with van der Waals surface area (Å²) in [5, 5.41) is 9.71. The van der Waals surface area contributed by atoms with E-state index in [0.29, 0.717) is 23.5 Å². The highest BCUT2D eigenvalue weighted by Gasteiger charge is 2.71. The van der Waals surface area contributed by atoms with Crippen LogP contribution < -0.4 is 4.90 Å². The third-order valence-corrected chi connectivity index (χ3v) is 6.32. The summed E-state index contributed by atoms with van der Waals surface area (Å²) in [6.45, 7) is 3.27. The van der Waals surface area contributed by atoms with Gasteiger partial charge in [-0.3, -0.25) is 0 Å². The zero-order chi connectivity index (χ0) is 27.6. The van der Waals surface area contributed by atoms with Crippen LogP contribution in [0, 0.1) is 6.92 Å². The fourth-order valence-corrected chi connectivity index (χ4v) is 4.34. The summed E-state index contributed by atoms with van der Waals surface area (Å²) in [6, 6.07) is 6.34. The number of hydrogen-bond acceptors (Lipinski definition) is 4. The number of oxazole rings is 1. The molecule has 2 heterocycles. The quantitative estimate of drug-likeness (QED) is 0.366. The highest BCUT2D eigenvalue weighted by molar-refractivity contribution is 5.62. The Kier molecular flexibility index (Phi) is 6.29. The van der Waals surface area contributed by atoms with Crippen LogP contribution in [0.15, 0.2) is 46.9 Å². The van der Waals surface area contributed by atoms with Gasteiger partial charge in [0.1, 0.15) is 11.5 Å². The lowest BCUT2D eigenvalue weighted by Gasteiger charge is -2.33. The van der Waals surface area contributed by atoms with Crippen molar-refractivity contribution in [2.75, 3.05) is 4.90 Å². The number of halogens is 9. The van der Waals surface area contributed by atoms with Crippen molar-refractivity contribution in [3.8, 4) is 11.5 Å². The van der Waals surface area contributed by atoms with Crippen LogP contribution >= 0.6 is 0 Å². The van der Waals surface area contributed by atoms with Crippen LogP contribution in [-0.2, 0) is 24.7 Å². The van der Waals surface area contributed by atoms with E-state index in [4.69, 9.17) is 4.42 Å². The van der Waals surface area contributed by atoms with E-state index in [1.54, 1.807) is 11.8 Å². The molecule has 0 unspecified atom stereocenters. The predicted octanol–water partition coefficient (Wildman–Crippen LogP) is 6.93. The van der Waals surface area contributed by atoms with E-state index in [9.17, 15) is 44.6 Å². The molecule has 0 fully saturated rings. The molecule has 37 heavy (non-hydrogen) atoms. The molecular weight excluding hydrogens is 519 g/mol. The third kappa shape index (κ3) is 4.64. The summed E-state index contributed by atoms with van der Waals surface area (Å²) in [5.74, 6) is 0.217. The van der Waals surface area contributed by atoms with Crippen LogP contribution in [0.2, 0.25) is 0 Å². The number of aromatic nitrogens is 1. The summed E-state index contributed by atoms with van der Waals surface area (Å²) >= 11 is 0. The minimum atomic E-state index is -6.00. The van der Waals surface area contributed by atoms with Crippen molar-refractivity contribution in [2.45, 2.75) is 57.0 Å². The van der Waals surface area contributed by atoms with Gasteiger partial charge in [0.05, 0.1) is 12.1 Å². The Hall–Kier alpha value is -3.22. The molecule has 2 aromatic carbocycles. The fraction of sp³-hybridized carbons (Fsp3) is 0.375. The van der Waals surface area contributed by atoms with Crippen LogP contribution in [0.5, 0.6) is 0 Å². The normalized spacial score (nSPS) is 16.9. The van der Waals surface area contributed by atoms with Crippen LogP contribution in [0.25, 0.3) is 11.5 Å². The van der Waals surface area contributed by atoms with E-state index in [1.165, 1.54) is 19.1 Å². The molecule has 1 atom stereocenters. The van der Waals surface area contributed by atoms with E-state index in [1.807, 2.05) is 0 Å². The summed E-state index contributed by atoms with van der Waals surface area (Å²) in [5.41, 5.74) is -6.35. The van der Waals surface area contributed by atoms with Gasteiger partial charge in [-0.15, -0.1) is 0 Å². The van der Waals surface area contributed by atoms with Crippen LogP contribution in [0.1, 0.15) is 35.1 Å². The summed E-state index contributed by atoms with van der Waals surface area (Å²) in [6.07, 6.45) is -16.5. The van der Waals surface area contributed by atoms with Gasteiger partial charge >= 0.3 is 18.5 Å². The van der Waals surface area contributed by atoms with Crippen molar-refractivity contribution in [3.63, 3.8) is 0 Å². The highest BCUT2D eigenvalue weighted by Crippen LogP contribution is 2.51. The molecule has 4 rings (SSSR count). The molecule has 1 aromatic heterocycles. The number of hydrogen-bond donors (Lipinski definition) is 1. The zero-order valence-corrected chi connectivity index (χ0v) is 19.2. The molecule has 0 aliphatic carbocycles. The van der Waals surface area contributed by atoms with E-state index in [-0.39, 0.29) is 41.8 Å². The Morgan fingerprint density at radius 3 is 2.19 bits per heavy atom. The van der Waals surface area contributed by atoms with Gasteiger partial charge in [-0.05, 0) is 50.1 Å². The van der Waals surface area contributed by atoms with Crippen molar-refractivity contribution >= 4 is 5.69 Å². The topological polar surface area (TPSA) is 49.5 Å². The second kappa shape index (κ2) is 8.67. The lowest BCUT2D eigenvalue weighted by molar-refractivity contribution is -0.376. The van der Waals surface area contributed by atoms with E-state index in [2.05, 4.69) is 4.98 Å². The second-order valence-electron chi connectivity index (χ2n) is 8.83. The summed E-state index contributed by atoms with van der Waals surface area (Å²) in [4.78, 5) is 5.96. The molecule has 0 spiro atoms. The molecule has 200 valence electrons. The first-order valence-electron chi connectivity index (χ1n) is 10.8. The van der Waals surface area contributed by atoms with Gasteiger partial charge in [0.15, 0.2) is 0 Å². The Morgan fingerprint density at radius 1 is 0.946 bits per heavy atom. The van der Waals surface area contributed by atoms with Gasteiger partial charge in [-0.25, -0.2) is 4.98 Å². The number of alkyl halides is 9. The average Bonchev–Trinajstić information content (AvgIpc) is 3.30. The number of fused-ring (bicyclic) bond motifs is 1. The first-order chi connectivity index (χ1) is 16.9. The van der Waals surface area contributed by atoms with E-state index in [0.717, 1.165) is 18.2 Å². The molecular formula is C24H19F9N2O2. The lowest BCUT2D eigenvalue weighted by atomic mass is 9.90. The number of benzene rings is 2. The van der Waals surface area contributed by atoms with Crippen LogP contribution in [-0.4, -0.2) is 28.5 Å². The number of aryl methyl sites for hydroxylation is 1. The van der Waals surface area contributed by atoms with E-state index < -0.39 is 35.3 Å². The maximum atomic E-state index is 13.3. The van der Waals surface area contributed by atoms with Gasteiger partial charge < -0.3 is 14.4 Å². The molecule has 0 amide bonds. The number of aliphatic hydroxyl groups is 1. The molecule has 13 heteroatoms. The van der Waals surface area contributed by atoms with Crippen LogP contribution in [0.3, 0.4) is 0 Å². The minimum Gasteiger partial charge on any atom is -0.441 e. The molecule has 0 saturated carbocycles. The molecule has 0 saturated heterocycles. The minimum absolute atomic E-state index is 0.0324. The van der Waals surface area contributed by atoms with Crippen molar-refractivity contribution < 1.29 is 49.0 Å². The Bertz CT molecular complexity index is 1290. The Balaban J connectivity index is 1.65. The van der Waals surface area contributed by atoms with Crippen molar-refractivity contribution in [3.05, 3.63) is 70.6 Å². The number of nitrogens with zero attached hydrogens (tertiary/aromatic N) is 2. The maximum Gasteiger partial charge on any atom is 0.430 e. The zero-order valence-electron chi connectivity index (χ0n) is 19.2. The molecule has 4 nitrogen and oxygen atoms in total. The van der Waals surface area contributed by atoms with Gasteiger partial charge in [-0.2, -0.15) is 39.5 Å². The molecule has 1 aliphatic heterocycles. The molecule has 3 aromatic rings. The number of anilines is 1. The summed E-state index contributed by atoms with van der Waals surface area (Å²) < 4.78 is 124. The molecule has 1 aliphatic rings. The first kappa shape index (κ1) is 26.8. The standard InChI is InChI=1S/C24H19F9N2O2/c1-12-8-15-10-16(21(36,23(28,29)30)24(31,32)33)6-7-19(15)35(12)11-18-13(2)37-20(34-18)14-4-3-5-17(9-14)22(25,26)27/h3-7,9-10,12,36H,8,11H2,1-2H3/t12-/m0/s1. The molecule has 1 N–H and O–H groups in total. The Labute approximate surface area is 204 Å². The first-order valence-corrected chi connectivity index (χ1v) is 10.8. The SMILES string of the molecule is Cc1oc(-c2cccc(C(F)(F)F)c2)nc1CN1c2ccc(C(O)(C(F)(F)F)C(F)(F)F)cc2C[C@@H]1C. The third-order valence-electron chi connectivity index (χ3n) is 6.32. The highest BCUT2D eigenvalue weighted by atomic mass is 19.4. The largest absolute Gasteiger partial charge is 0.441 e. The van der Waals surface area contributed by atoms with Gasteiger partial charge in [-0.1, -0.05) is 18.2 Å². The Morgan fingerprint density at radius 2 is 1.59 bits per heavy atom. The lowest BCUT2D eigenvalue weighted by Crippen LogP contribution is -2.53. The van der Waals surface area contributed by atoms with Crippen molar-refractivity contribution in [2.24, 2.45) is 0 Å². The van der Waals surface area contributed by atoms with E-state index >= 15 is 0 Å². The van der Waals surface area contributed by atoms with Gasteiger partial charge in [0.25, 0.3) is 5.60 Å². The number of rotatable bonds is 4. The molecule has 0 radical (unpaired) electrons.